The first kappa shape index (κ1) is 7.33. The van der Waals surface area contributed by atoms with Crippen LogP contribution in [0, 0.1) is 6.07 Å². The first-order chi connectivity index (χ1) is 5.09. The second-order valence-electron chi connectivity index (χ2n) is 1.78. The molecule has 1 aromatic heterocycles. The number of aromatic nitrogens is 1. The molecule has 1 radical (unpaired) electrons. The van der Waals surface area contributed by atoms with Crippen molar-refractivity contribution in [3.8, 4) is 11.8 Å². The number of pyridine rings is 1. The smallest absolute Gasteiger partial charge is 0.336 e. The molecule has 1 heterocycles. The van der Waals surface area contributed by atoms with Crippen molar-refractivity contribution >= 4 is 5.97 Å². The highest BCUT2D eigenvalue weighted by atomic mass is 16.4. The van der Waals surface area contributed by atoms with Crippen LogP contribution in [0.4, 0.5) is 0 Å². The number of hydrogen-bond acceptors (Lipinski definition) is 4. The van der Waals surface area contributed by atoms with Crippen molar-refractivity contribution in [2.24, 2.45) is 0 Å². The molecule has 5 heteroatoms. The zero-order valence-electron chi connectivity index (χ0n) is 5.27. The minimum Gasteiger partial charge on any atom is -0.493 e. The number of carboxylic acid groups (broad SMARTS) is 1. The van der Waals surface area contributed by atoms with Gasteiger partial charge in [-0.2, -0.15) is 4.98 Å². The van der Waals surface area contributed by atoms with Crippen LogP contribution in [0.5, 0.6) is 11.8 Å². The van der Waals surface area contributed by atoms with E-state index in [1.165, 1.54) is 0 Å². The maximum Gasteiger partial charge on any atom is 0.336 e. The van der Waals surface area contributed by atoms with Crippen molar-refractivity contribution in [3.63, 3.8) is 0 Å². The Kier molecular flexibility index (Phi) is 1.63. The van der Waals surface area contributed by atoms with Crippen LogP contribution in [0.2, 0.25) is 0 Å². The van der Waals surface area contributed by atoms with E-state index >= 15 is 0 Å². The Morgan fingerprint density at radius 2 is 2.18 bits per heavy atom. The Morgan fingerprint density at radius 1 is 1.55 bits per heavy atom. The number of carboxylic acids is 1. The molecule has 0 unspecified atom stereocenters. The lowest BCUT2D eigenvalue weighted by Crippen LogP contribution is -1.96. The summed E-state index contributed by atoms with van der Waals surface area (Å²) < 4.78 is 0. The standard InChI is InChI=1S/C6H4NO4/c8-4-1-3(6(10)11)2-5(9)7-4/h1H,(H,10,11)(H2,7,8,9). The summed E-state index contributed by atoms with van der Waals surface area (Å²) in [6.45, 7) is 0. The highest BCUT2D eigenvalue weighted by Gasteiger charge is 2.06. The molecule has 0 aromatic carbocycles. The van der Waals surface area contributed by atoms with E-state index in [-0.39, 0.29) is 5.56 Å². The number of hydrogen-bond donors (Lipinski definition) is 3. The molecule has 0 aliphatic rings. The Bertz CT molecular complexity index is 276. The molecule has 57 valence electrons. The van der Waals surface area contributed by atoms with Gasteiger partial charge in [0.1, 0.15) is 0 Å². The van der Waals surface area contributed by atoms with Crippen LogP contribution in [0.3, 0.4) is 0 Å². The summed E-state index contributed by atoms with van der Waals surface area (Å²) >= 11 is 0. The lowest BCUT2D eigenvalue weighted by molar-refractivity contribution is 0.0695. The van der Waals surface area contributed by atoms with Gasteiger partial charge in [0.2, 0.25) is 11.8 Å². The minimum absolute atomic E-state index is 0.324. The van der Waals surface area contributed by atoms with Gasteiger partial charge in [-0.3, -0.25) is 0 Å². The monoisotopic (exact) mass is 154 g/mol. The van der Waals surface area contributed by atoms with Crippen LogP contribution < -0.4 is 0 Å². The molecule has 3 N–H and O–H groups in total. The SMILES string of the molecule is O=C(O)c1[c]c(O)nc(O)c1. The van der Waals surface area contributed by atoms with Crippen LogP contribution >= 0.6 is 0 Å². The van der Waals surface area contributed by atoms with Gasteiger partial charge in [-0.1, -0.05) is 0 Å². The van der Waals surface area contributed by atoms with Gasteiger partial charge < -0.3 is 15.3 Å². The largest absolute Gasteiger partial charge is 0.493 e. The minimum atomic E-state index is -1.28. The lowest BCUT2D eigenvalue weighted by atomic mass is 10.3. The summed E-state index contributed by atoms with van der Waals surface area (Å²) in [6, 6.07) is 2.92. The summed E-state index contributed by atoms with van der Waals surface area (Å²) in [5, 5.41) is 25.7. The topological polar surface area (TPSA) is 90.7 Å². The highest BCUT2D eigenvalue weighted by molar-refractivity contribution is 5.87. The maximum absolute atomic E-state index is 10.2. The van der Waals surface area contributed by atoms with E-state index in [9.17, 15) is 4.79 Å². The Balaban J connectivity index is 3.19. The molecule has 0 amide bonds. The molecule has 0 atom stereocenters. The Hall–Kier alpha value is -1.78. The van der Waals surface area contributed by atoms with Crippen LogP contribution in [-0.4, -0.2) is 26.3 Å². The zero-order valence-corrected chi connectivity index (χ0v) is 5.27. The summed E-state index contributed by atoms with van der Waals surface area (Å²) in [5.41, 5.74) is -0.324. The van der Waals surface area contributed by atoms with Crippen molar-refractivity contribution in [1.82, 2.24) is 4.98 Å². The van der Waals surface area contributed by atoms with E-state index in [0.717, 1.165) is 6.07 Å². The van der Waals surface area contributed by atoms with E-state index in [1.54, 1.807) is 0 Å². The third-order valence-corrected chi connectivity index (χ3v) is 0.971. The maximum atomic E-state index is 10.2. The normalized spacial score (nSPS) is 9.45. The molecule has 0 saturated carbocycles. The van der Waals surface area contributed by atoms with Gasteiger partial charge in [-0.25, -0.2) is 4.79 Å². The number of rotatable bonds is 1. The van der Waals surface area contributed by atoms with Gasteiger partial charge in [0.25, 0.3) is 0 Å². The van der Waals surface area contributed by atoms with Crippen LogP contribution in [0.15, 0.2) is 6.07 Å². The molecule has 0 bridgehead atoms. The molecule has 5 nitrogen and oxygen atoms in total. The summed E-state index contributed by atoms with van der Waals surface area (Å²) in [7, 11) is 0. The van der Waals surface area contributed by atoms with E-state index in [1.807, 2.05) is 6.07 Å². The van der Waals surface area contributed by atoms with Crippen LogP contribution in [0.25, 0.3) is 0 Å². The third kappa shape index (κ3) is 1.57. The van der Waals surface area contributed by atoms with Crippen molar-refractivity contribution < 1.29 is 20.1 Å². The quantitative estimate of drug-likeness (QED) is 0.529. The second-order valence-corrected chi connectivity index (χ2v) is 1.78. The summed E-state index contributed by atoms with van der Waals surface area (Å²) in [4.78, 5) is 13.3. The molecule has 1 aromatic rings. The van der Waals surface area contributed by atoms with Gasteiger partial charge in [0, 0.05) is 6.07 Å². The predicted molar refractivity (Wildman–Crippen MR) is 33.4 cm³/mol. The number of nitrogens with zero attached hydrogens (tertiary/aromatic N) is 1. The van der Waals surface area contributed by atoms with Crippen molar-refractivity contribution in [3.05, 3.63) is 17.7 Å². The fraction of sp³-hybridized carbons (Fsp3) is 0. The molecular weight excluding hydrogens is 150 g/mol. The van der Waals surface area contributed by atoms with Crippen molar-refractivity contribution in [2.45, 2.75) is 0 Å². The Morgan fingerprint density at radius 3 is 2.64 bits per heavy atom. The third-order valence-electron chi connectivity index (χ3n) is 0.971. The van der Waals surface area contributed by atoms with Crippen molar-refractivity contribution in [2.75, 3.05) is 0 Å². The van der Waals surface area contributed by atoms with Crippen molar-refractivity contribution in [1.29, 1.82) is 0 Å². The van der Waals surface area contributed by atoms with E-state index in [2.05, 4.69) is 4.98 Å². The van der Waals surface area contributed by atoms with Crippen LogP contribution in [0.1, 0.15) is 10.4 Å². The zero-order chi connectivity index (χ0) is 8.43. The summed E-state index contributed by atoms with van der Waals surface area (Å²) in [6.07, 6.45) is 0. The lowest BCUT2D eigenvalue weighted by Gasteiger charge is -1.94. The average molecular weight is 154 g/mol. The fourth-order valence-electron chi connectivity index (χ4n) is 0.570. The first-order valence-corrected chi connectivity index (χ1v) is 2.65. The summed E-state index contributed by atoms with van der Waals surface area (Å²) in [5.74, 6) is -2.46. The van der Waals surface area contributed by atoms with E-state index in [4.69, 9.17) is 15.3 Å². The van der Waals surface area contributed by atoms with E-state index in [0.29, 0.717) is 0 Å². The molecule has 0 saturated heterocycles. The van der Waals surface area contributed by atoms with Gasteiger partial charge >= 0.3 is 5.97 Å². The molecule has 0 aliphatic carbocycles. The highest BCUT2D eigenvalue weighted by Crippen LogP contribution is 2.13. The van der Waals surface area contributed by atoms with Crippen LogP contribution in [-0.2, 0) is 0 Å². The van der Waals surface area contributed by atoms with Gasteiger partial charge in [0.15, 0.2) is 0 Å². The average Bonchev–Trinajstić information content (AvgIpc) is 1.85. The molecular formula is C6H4NO4. The Labute approximate surface area is 61.6 Å². The van der Waals surface area contributed by atoms with E-state index < -0.39 is 17.7 Å². The second kappa shape index (κ2) is 2.45. The number of aromatic carboxylic acids is 1. The fourth-order valence-corrected chi connectivity index (χ4v) is 0.570. The first-order valence-electron chi connectivity index (χ1n) is 2.65. The number of carbonyl (C=O) groups is 1. The number of aromatic hydroxyl groups is 2. The molecule has 0 fully saturated rings. The molecule has 11 heavy (non-hydrogen) atoms. The molecule has 1 rings (SSSR count). The van der Waals surface area contributed by atoms with Gasteiger partial charge in [-0.15, -0.1) is 0 Å². The molecule has 0 spiro atoms. The van der Waals surface area contributed by atoms with Gasteiger partial charge in [-0.05, 0) is 0 Å². The van der Waals surface area contributed by atoms with Gasteiger partial charge in [0.05, 0.1) is 11.6 Å². The predicted octanol–water partition coefficient (Wildman–Crippen LogP) is -0.00881. The molecule has 0 aliphatic heterocycles.